The molecule has 1 aliphatic heterocycles. The van der Waals surface area contributed by atoms with Gasteiger partial charge in [0.2, 0.25) is 15.9 Å². The fourth-order valence-corrected chi connectivity index (χ4v) is 6.62. The quantitative estimate of drug-likeness (QED) is 0.407. The lowest BCUT2D eigenvalue weighted by Gasteiger charge is -2.36. The maximum absolute atomic E-state index is 13.4. The lowest BCUT2D eigenvalue weighted by Crippen LogP contribution is -2.49. The molecule has 11 nitrogen and oxygen atoms in total. The van der Waals surface area contributed by atoms with Crippen LogP contribution in [0.15, 0.2) is 17.0 Å². The molecule has 2 aliphatic rings. The molecule has 0 atom stereocenters. The predicted molar refractivity (Wildman–Crippen MR) is 132 cm³/mol. The number of hydrogen-bond acceptors (Lipinski definition) is 9. The largest absolute Gasteiger partial charge is 0.397 e. The molecule has 0 unspecified atom stereocenters. The highest BCUT2D eigenvalue weighted by Gasteiger charge is 2.47. The summed E-state index contributed by atoms with van der Waals surface area (Å²) < 4.78 is 95.1. The maximum atomic E-state index is 13.4. The van der Waals surface area contributed by atoms with Crippen molar-refractivity contribution in [2.24, 2.45) is 7.05 Å². The lowest BCUT2D eigenvalue weighted by molar-refractivity contribution is -0.161. The summed E-state index contributed by atoms with van der Waals surface area (Å²) in [7, 11) is -2.68. The second kappa shape index (κ2) is 9.89. The topological polar surface area (TPSA) is 137 Å². The number of alkyl halides is 5. The van der Waals surface area contributed by atoms with E-state index in [0.29, 0.717) is 35.4 Å². The standard InChI is InChI=1S/C22H21F5N8O3S2/c1-33-17-13(16(31-33)19-29-30-20(39-19)18(23)24)8-12(40(37,38)32-21(11-28)2-3-21)9-14(17)34-4-6-35(7-5-34)15(36)10-22(25,26)27/h8-9,18,32H,2-7,10H2,1H3. The average molecular weight is 605 g/mol. The van der Waals surface area contributed by atoms with Crippen molar-refractivity contribution >= 4 is 43.9 Å². The first kappa shape index (κ1) is 28.1. The maximum Gasteiger partial charge on any atom is 0.397 e. The van der Waals surface area contributed by atoms with Crippen molar-refractivity contribution in [3.8, 4) is 16.8 Å². The Labute approximate surface area is 228 Å². The average Bonchev–Trinajstić information content (AvgIpc) is 3.31. The number of rotatable bonds is 7. The highest BCUT2D eigenvalue weighted by atomic mass is 32.2. The van der Waals surface area contributed by atoms with Gasteiger partial charge in [-0.3, -0.25) is 9.48 Å². The van der Waals surface area contributed by atoms with Gasteiger partial charge in [-0.05, 0) is 25.0 Å². The molecule has 0 bridgehead atoms. The molecule has 214 valence electrons. The number of aromatic nitrogens is 4. The van der Waals surface area contributed by atoms with Crippen LogP contribution in [0.5, 0.6) is 0 Å². The van der Waals surface area contributed by atoms with Crippen molar-refractivity contribution in [3.05, 3.63) is 17.1 Å². The van der Waals surface area contributed by atoms with Gasteiger partial charge in [0.25, 0.3) is 6.43 Å². The van der Waals surface area contributed by atoms with Gasteiger partial charge in [-0.25, -0.2) is 17.2 Å². The van der Waals surface area contributed by atoms with Crippen LogP contribution in [0.1, 0.15) is 30.7 Å². The zero-order valence-corrected chi connectivity index (χ0v) is 22.4. The highest BCUT2D eigenvalue weighted by Crippen LogP contribution is 2.40. The molecule has 40 heavy (non-hydrogen) atoms. The van der Waals surface area contributed by atoms with E-state index in [9.17, 15) is 40.4 Å². The van der Waals surface area contributed by atoms with E-state index in [4.69, 9.17) is 0 Å². The number of carbonyl (C=O) groups is 1. The fourth-order valence-electron chi connectivity index (χ4n) is 4.50. The number of piperazine rings is 1. The van der Waals surface area contributed by atoms with Gasteiger partial charge < -0.3 is 9.80 Å². The van der Waals surface area contributed by atoms with Gasteiger partial charge in [0.1, 0.15) is 17.7 Å². The SMILES string of the molecule is Cn1nc(-c2nnc(C(F)F)s2)c2cc(S(=O)(=O)NC3(C#N)CC3)cc(N3CCN(C(=O)CC(F)(F)F)CC3)c21. The van der Waals surface area contributed by atoms with E-state index in [1.807, 2.05) is 6.07 Å². The van der Waals surface area contributed by atoms with E-state index in [0.717, 1.165) is 4.90 Å². The molecule has 1 amide bonds. The molecule has 1 saturated heterocycles. The molecule has 1 aliphatic carbocycles. The van der Waals surface area contributed by atoms with Gasteiger partial charge in [0.05, 0.1) is 22.2 Å². The number of nitrogens with zero attached hydrogens (tertiary/aromatic N) is 7. The van der Waals surface area contributed by atoms with Crippen molar-refractivity contribution in [1.29, 1.82) is 5.26 Å². The third kappa shape index (κ3) is 5.45. The highest BCUT2D eigenvalue weighted by molar-refractivity contribution is 7.89. The van der Waals surface area contributed by atoms with Crippen LogP contribution in [0.3, 0.4) is 0 Å². The number of hydrogen-bond donors (Lipinski definition) is 1. The molecular weight excluding hydrogens is 583 g/mol. The van der Waals surface area contributed by atoms with Gasteiger partial charge in [0.15, 0.2) is 10.0 Å². The Hall–Kier alpha value is -3.43. The zero-order chi connectivity index (χ0) is 29.0. The van der Waals surface area contributed by atoms with E-state index >= 15 is 0 Å². The third-order valence-electron chi connectivity index (χ3n) is 6.65. The molecule has 2 fully saturated rings. The van der Waals surface area contributed by atoms with Crippen LogP contribution in [0.2, 0.25) is 0 Å². The number of amides is 1. The zero-order valence-electron chi connectivity index (χ0n) is 20.7. The van der Waals surface area contributed by atoms with Crippen LogP contribution in [-0.4, -0.2) is 77.1 Å². The smallest absolute Gasteiger partial charge is 0.366 e. The molecule has 5 rings (SSSR count). The van der Waals surface area contributed by atoms with Gasteiger partial charge in [-0.15, -0.1) is 10.2 Å². The van der Waals surface area contributed by atoms with Crippen molar-refractivity contribution in [3.63, 3.8) is 0 Å². The summed E-state index contributed by atoms with van der Waals surface area (Å²) in [5, 5.41) is 20.8. The molecule has 3 aromatic rings. The predicted octanol–water partition coefficient (Wildman–Crippen LogP) is 2.96. The minimum absolute atomic E-state index is 0.0348. The molecule has 1 N–H and O–H groups in total. The van der Waals surface area contributed by atoms with E-state index in [1.54, 1.807) is 11.9 Å². The second-order valence-corrected chi connectivity index (χ2v) is 12.2. The van der Waals surface area contributed by atoms with Crippen LogP contribution >= 0.6 is 11.3 Å². The Kier molecular flexibility index (Phi) is 6.95. The number of anilines is 1. The number of carbonyl (C=O) groups excluding carboxylic acids is 1. The molecule has 1 aromatic carbocycles. The van der Waals surface area contributed by atoms with Crippen LogP contribution in [-0.2, 0) is 21.9 Å². The summed E-state index contributed by atoms with van der Waals surface area (Å²) >= 11 is 0.603. The molecule has 2 aromatic heterocycles. The van der Waals surface area contributed by atoms with Crippen LogP contribution in [0, 0.1) is 11.3 Å². The Bertz CT molecular complexity index is 1620. The van der Waals surface area contributed by atoms with E-state index in [-0.39, 0.29) is 47.2 Å². The van der Waals surface area contributed by atoms with Crippen molar-refractivity contribution in [2.45, 2.75) is 42.3 Å². The van der Waals surface area contributed by atoms with Crippen LogP contribution < -0.4 is 9.62 Å². The Morgan fingerprint density at radius 1 is 1.20 bits per heavy atom. The first-order valence-electron chi connectivity index (χ1n) is 11.9. The summed E-state index contributed by atoms with van der Waals surface area (Å²) in [6.45, 7) is 0.100. The monoisotopic (exact) mass is 604 g/mol. The third-order valence-corrected chi connectivity index (χ3v) is 9.10. The summed E-state index contributed by atoms with van der Waals surface area (Å²) in [4.78, 5) is 14.7. The summed E-state index contributed by atoms with van der Waals surface area (Å²) in [5.41, 5.74) is -0.344. The number of halogens is 5. The minimum atomic E-state index is -4.64. The van der Waals surface area contributed by atoms with Crippen LogP contribution in [0.4, 0.5) is 27.6 Å². The van der Waals surface area contributed by atoms with Gasteiger partial charge in [-0.2, -0.15) is 28.3 Å². The van der Waals surface area contributed by atoms with Gasteiger partial charge in [-0.1, -0.05) is 11.3 Å². The first-order chi connectivity index (χ1) is 18.7. The molecule has 0 spiro atoms. The summed E-state index contributed by atoms with van der Waals surface area (Å²) in [6, 6.07) is 4.63. The molecular formula is C22H21F5N8O3S2. The Morgan fingerprint density at radius 2 is 1.88 bits per heavy atom. The number of aryl methyl sites for hydroxylation is 1. The van der Waals surface area contributed by atoms with Crippen LogP contribution in [0.25, 0.3) is 21.6 Å². The number of sulfonamides is 1. The Morgan fingerprint density at radius 3 is 2.42 bits per heavy atom. The summed E-state index contributed by atoms with van der Waals surface area (Å²) in [5.74, 6) is -1.06. The minimum Gasteiger partial charge on any atom is -0.366 e. The molecule has 3 heterocycles. The Balaban J connectivity index is 1.57. The van der Waals surface area contributed by atoms with E-state index < -0.39 is 45.5 Å². The number of benzene rings is 1. The van der Waals surface area contributed by atoms with Gasteiger partial charge in [0, 0.05) is 38.6 Å². The molecule has 0 radical (unpaired) electrons. The lowest BCUT2D eigenvalue weighted by atomic mass is 10.1. The van der Waals surface area contributed by atoms with E-state index in [1.165, 1.54) is 16.8 Å². The second-order valence-electron chi connectivity index (χ2n) is 9.52. The fraction of sp³-hybridized carbons (Fsp3) is 0.500. The van der Waals surface area contributed by atoms with Crippen molar-refractivity contribution in [2.75, 3.05) is 31.1 Å². The number of nitrogens with one attached hydrogen (secondary N) is 1. The summed E-state index contributed by atoms with van der Waals surface area (Å²) in [6.07, 6.45) is -8.41. The molecule has 18 heteroatoms. The number of fused-ring (bicyclic) bond motifs is 1. The number of nitriles is 1. The first-order valence-corrected chi connectivity index (χ1v) is 14.2. The van der Waals surface area contributed by atoms with E-state index in [2.05, 4.69) is 20.0 Å². The normalized spacial score (nSPS) is 17.4. The molecule has 1 saturated carbocycles. The van der Waals surface area contributed by atoms with Gasteiger partial charge >= 0.3 is 6.18 Å². The van der Waals surface area contributed by atoms with Crippen molar-refractivity contribution in [1.82, 2.24) is 29.6 Å². The van der Waals surface area contributed by atoms with Crippen molar-refractivity contribution < 1.29 is 35.2 Å².